The highest BCUT2D eigenvalue weighted by molar-refractivity contribution is 6.36. The molecule has 2 aliphatic rings. The van der Waals surface area contributed by atoms with Crippen LogP contribution in [0.3, 0.4) is 0 Å². The number of ether oxygens (including phenoxy) is 1. The minimum atomic E-state index is -0.703. The summed E-state index contributed by atoms with van der Waals surface area (Å²) in [5, 5.41) is 3.18. The van der Waals surface area contributed by atoms with Crippen molar-refractivity contribution in [1.29, 1.82) is 0 Å². The molecule has 3 heterocycles. The number of likely N-dealkylation sites (tertiary alicyclic amines) is 1. The Balaban J connectivity index is 1.45. The molecule has 1 atom stereocenters. The number of carbonyl (C=O) groups excluding carboxylic acids is 2. The van der Waals surface area contributed by atoms with Gasteiger partial charge in [0.15, 0.2) is 11.6 Å². The average molecular weight is 557 g/mol. The first-order chi connectivity index (χ1) is 18.1. The Morgan fingerprint density at radius 1 is 1.21 bits per heavy atom. The maximum absolute atomic E-state index is 14.1. The van der Waals surface area contributed by atoms with Gasteiger partial charge in [-0.1, -0.05) is 36.2 Å². The lowest BCUT2D eigenvalue weighted by molar-refractivity contribution is -0.134. The van der Waals surface area contributed by atoms with E-state index in [2.05, 4.69) is 10.3 Å². The van der Waals surface area contributed by atoms with Crippen molar-refractivity contribution in [3.05, 3.63) is 69.6 Å². The molecule has 2 aromatic carbocycles. The molecule has 2 amide bonds. The van der Waals surface area contributed by atoms with Crippen LogP contribution < -0.4 is 15.8 Å². The number of rotatable bonds is 5. The zero-order chi connectivity index (χ0) is 27.2. The van der Waals surface area contributed by atoms with Crippen molar-refractivity contribution in [1.82, 2.24) is 9.88 Å². The van der Waals surface area contributed by atoms with Crippen molar-refractivity contribution in [3.63, 3.8) is 0 Å². The maximum Gasteiger partial charge on any atom is 0.235 e. The third kappa shape index (κ3) is 4.46. The molecule has 1 aromatic heterocycles. The number of benzene rings is 2. The normalized spacial score (nSPS) is 16.8. The minimum absolute atomic E-state index is 0.0367. The Bertz CT molecular complexity index is 1440. The molecule has 0 saturated carbocycles. The number of nitrogens with one attached hydrogen (secondary N) is 1. The van der Waals surface area contributed by atoms with Gasteiger partial charge in [0.1, 0.15) is 11.9 Å². The monoisotopic (exact) mass is 556 g/mol. The van der Waals surface area contributed by atoms with Crippen LogP contribution in [0.25, 0.3) is 11.1 Å². The lowest BCUT2D eigenvalue weighted by Gasteiger charge is -2.38. The molecule has 2 aliphatic heterocycles. The highest BCUT2D eigenvalue weighted by Gasteiger charge is 2.49. The van der Waals surface area contributed by atoms with E-state index in [9.17, 15) is 14.0 Å². The van der Waals surface area contributed by atoms with E-state index in [4.69, 9.17) is 33.7 Å². The predicted molar refractivity (Wildman–Crippen MR) is 146 cm³/mol. The fourth-order valence-corrected chi connectivity index (χ4v) is 6.00. The van der Waals surface area contributed by atoms with Gasteiger partial charge in [-0.05, 0) is 61.2 Å². The number of aromatic nitrogens is 1. The smallest absolute Gasteiger partial charge is 0.235 e. The van der Waals surface area contributed by atoms with Gasteiger partial charge in [-0.2, -0.15) is 0 Å². The Morgan fingerprint density at radius 3 is 2.66 bits per heavy atom. The first kappa shape index (κ1) is 26.3. The molecule has 1 fully saturated rings. The van der Waals surface area contributed by atoms with Crippen molar-refractivity contribution >= 4 is 46.5 Å². The van der Waals surface area contributed by atoms with Crippen LogP contribution in [0, 0.1) is 5.82 Å². The number of carbonyl (C=O) groups is 2. The van der Waals surface area contributed by atoms with Gasteiger partial charge in [0.2, 0.25) is 11.8 Å². The molecule has 0 aliphatic carbocycles. The minimum Gasteiger partial charge on any atom is -0.482 e. The predicted octanol–water partition coefficient (Wildman–Crippen LogP) is 6.14. The number of nitrogens with zero attached hydrogens (tertiary/aromatic N) is 2. The first-order valence-corrected chi connectivity index (χ1v) is 13.2. The number of nitrogens with two attached hydrogens (primary N) is 1. The first-order valence-electron chi connectivity index (χ1n) is 12.4. The van der Waals surface area contributed by atoms with Gasteiger partial charge in [-0.15, -0.1) is 0 Å². The molecule has 5 rings (SSSR count). The van der Waals surface area contributed by atoms with Crippen LogP contribution in [0.1, 0.15) is 50.3 Å². The summed E-state index contributed by atoms with van der Waals surface area (Å²) >= 11 is 12.4. The summed E-state index contributed by atoms with van der Waals surface area (Å²) in [6, 6.07) is 10.1. The number of hydrogen-bond acceptors (Lipinski definition) is 5. The summed E-state index contributed by atoms with van der Waals surface area (Å²) in [4.78, 5) is 31.4. The molecule has 10 heteroatoms. The molecule has 0 unspecified atom stereocenters. The number of hydrogen-bond donors (Lipinski definition) is 2. The van der Waals surface area contributed by atoms with E-state index in [1.807, 2.05) is 30.0 Å². The molecule has 0 radical (unpaired) electrons. The van der Waals surface area contributed by atoms with Crippen molar-refractivity contribution in [3.8, 4) is 16.9 Å². The molecule has 38 heavy (non-hydrogen) atoms. The van der Waals surface area contributed by atoms with Crippen molar-refractivity contribution in [2.45, 2.75) is 44.6 Å². The number of fused-ring (bicyclic) bond motifs is 2. The van der Waals surface area contributed by atoms with E-state index in [-0.39, 0.29) is 27.7 Å². The van der Waals surface area contributed by atoms with Gasteiger partial charge < -0.3 is 20.7 Å². The third-order valence-electron chi connectivity index (χ3n) is 7.49. The van der Waals surface area contributed by atoms with E-state index < -0.39 is 17.3 Å². The molecule has 1 saturated heterocycles. The zero-order valence-electron chi connectivity index (χ0n) is 21.0. The van der Waals surface area contributed by atoms with E-state index in [0.29, 0.717) is 43.7 Å². The second-order valence-electron chi connectivity index (χ2n) is 9.66. The van der Waals surface area contributed by atoms with E-state index >= 15 is 0 Å². The fourth-order valence-electron chi connectivity index (χ4n) is 5.32. The number of amides is 2. The van der Waals surface area contributed by atoms with Gasteiger partial charge in [0.05, 0.1) is 10.4 Å². The SMILES string of the molecule is CCC(=O)N1CCC2(CC1)C(=O)Nc1ccc(-c3cnc(N)c(O[C@H](C)c4c(Cl)ccc(F)c4Cl)c3)cc12. The second kappa shape index (κ2) is 10.1. The third-order valence-corrected chi connectivity index (χ3v) is 8.21. The summed E-state index contributed by atoms with van der Waals surface area (Å²) in [6.45, 7) is 4.62. The standard InChI is InChI=1S/C28H27Cl2FN4O3/c1-3-23(36)35-10-8-28(9-11-35)18-12-16(4-7-21(18)34-27(28)37)17-13-22(26(32)33-14-17)38-15(2)24-19(29)5-6-20(31)25(24)30/h4-7,12-15H,3,8-11H2,1-2H3,(H2,32,33)(H,34,37)/t15-/m1/s1. The molecule has 0 bridgehead atoms. The molecule has 7 nitrogen and oxygen atoms in total. The second-order valence-corrected chi connectivity index (χ2v) is 10.4. The Labute approximate surface area is 230 Å². The molecule has 198 valence electrons. The number of pyridine rings is 1. The highest BCUT2D eigenvalue weighted by Crippen LogP contribution is 2.46. The van der Waals surface area contributed by atoms with E-state index in [1.165, 1.54) is 12.1 Å². The summed E-state index contributed by atoms with van der Waals surface area (Å²) in [7, 11) is 0. The number of nitrogen functional groups attached to an aromatic ring is 1. The molecule has 3 aromatic rings. The lowest BCUT2D eigenvalue weighted by Crippen LogP contribution is -2.48. The van der Waals surface area contributed by atoms with Gasteiger partial charge in [-0.25, -0.2) is 9.37 Å². The summed E-state index contributed by atoms with van der Waals surface area (Å²) in [5.41, 5.74) is 8.99. The topological polar surface area (TPSA) is 97.6 Å². The number of anilines is 2. The van der Waals surface area contributed by atoms with Crippen LogP contribution in [0.4, 0.5) is 15.9 Å². The van der Waals surface area contributed by atoms with Gasteiger partial charge >= 0.3 is 0 Å². The van der Waals surface area contributed by atoms with Crippen LogP contribution in [-0.4, -0.2) is 34.8 Å². The molecule has 3 N–H and O–H groups in total. The van der Waals surface area contributed by atoms with E-state index in [0.717, 1.165) is 22.4 Å². The zero-order valence-corrected chi connectivity index (χ0v) is 22.5. The Morgan fingerprint density at radius 2 is 1.95 bits per heavy atom. The Hall–Kier alpha value is -3.36. The van der Waals surface area contributed by atoms with Crippen LogP contribution in [-0.2, 0) is 15.0 Å². The largest absolute Gasteiger partial charge is 0.482 e. The summed E-state index contributed by atoms with van der Waals surface area (Å²) in [5.74, 6) is -0.0801. The van der Waals surface area contributed by atoms with Crippen LogP contribution in [0.5, 0.6) is 5.75 Å². The number of piperidine rings is 1. The van der Waals surface area contributed by atoms with Crippen molar-refractivity contribution < 1.29 is 18.7 Å². The average Bonchev–Trinajstić information content (AvgIpc) is 3.17. The molecule has 1 spiro atoms. The van der Waals surface area contributed by atoms with Crippen molar-refractivity contribution in [2.24, 2.45) is 0 Å². The molecular formula is C28H27Cl2FN4O3. The van der Waals surface area contributed by atoms with Gasteiger partial charge in [0.25, 0.3) is 0 Å². The molecular weight excluding hydrogens is 530 g/mol. The summed E-state index contributed by atoms with van der Waals surface area (Å²) in [6.07, 6.45) is 2.50. The van der Waals surface area contributed by atoms with Crippen LogP contribution in [0.2, 0.25) is 10.0 Å². The van der Waals surface area contributed by atoms with Crippen molar-refractivity contribution in [2.75, 3.05) is 24.1 Å². The summed E-state index contributed by atoms with van der Waals surface area (Å²) < 4.78 is 20.1. The maximum atomic E-state index is 14.1. The number of halogens is 3. The van der Waals surface area contributed by atoms with Crippen LogP contribution in [0.15, 0.2) is 42.6 Å². The van der Waals surface area contributed by atoms with Gasteiger partial charge in [-0.3, -0.25) is 9.59 Å². The van der Waals surface area contributed by atoms with Crippen LogP contribution >= 0.6 is 23.2 Å². The Kier molecular flexibility index (Phi) is 6.96. The van der Waals surface area contributed by atoms with Gasteiger partial charge in [0, 0.05) is 47.5 Å². The quantitative estimate of drug-likeness (QED) is 0.368. The fraction of sp³-hybridized carbons (Fsp3) is 0.321. The highest BCUT2D eigenvalue weighted by atomic mass is 35.5. The lowest BCUT2D eigenvalue weighted by atomic mass is 9.73. The van der Waals surface area contributed by atoms with E-state index in [1.54, 1.807) is 19.2 Å².